The van der Waals surface area contributed by atoms with Crippen molar-refractivity contribution in [3.05, 3.63) is 30.6 Å². The smallest absolute Gasteiger partial charge is 0.0465 e. The van der Waals surface area contributed by atoms with Gasteiger partial charge in [0.25, 0.3) is 0 Å². The van der Waals surface area contributed by atoms with E-state index in [2.05, 4.69) is 60.8 Å². The minimum atomic E-state index is 0.645. The zero-order valence-electron chi connectivity index (χ0n) is 7.00. The molecule has 0 atom stereocenters. The number of rotatable bonds is 2. The molecule has 1 aromatic rings. The molecule has 0 spiro atoms. The molecule has 0 aliphatic heterocycles. The summed E-state index contributed by atoms with van der Waals surface area (Å²) >= 11 is 16.3. The predicted octanol–water partition coefficient (Wildman–Crippen LogP) is 5.06. The Morgan fingerprint density at radius 2 is 1.77 bits per heavy atom. The minimum absolute atomic E-state index is 0.645. The van der Waals surface area contributed by atoms with Crippen LogP contribution in [0, 0.1) is 6.92 Å². The molecule has 4 heteroatoms. The summed E-state index contributed by atoms with van der Waals surface area (Å²) in [6.07, 6.45) is 0.884. The molecule has 13 heavy (non-hydrogen) atoms. The summed E-state index contributed by atoms with van der Waals surface area (Å²) in [5.41, 5.74) is 2.46. The Bertz CT molecular complexity index is 323. The lowest BCUT2D eigenvalue weighted by atomic mass is 10.1. The van der Waals surface area contributed by atoms with Gasteiger partial charge >= 0.3 is 0 Å². The van der Waals surface area contributed by atoms with E-state index in [-0.39, 0.29) is 0 Å². The topological polar surface area (TPSA) is 0 Å². The van der Waals surface area contributed by atoms with Crippen molar-refractivity contribution in [3.63, 3.8) is 0 Å². The van der Waals surface area contributed by atoms with Crippen molar-refractivity contribution in [2.45, 2.75) is 13.3 Å². The van der Waals surface area contributed by atoms with E-state index in [9.17, 15) is 0 Å². The fourth-order valence-corrected chi connectivity index (χ4v) is 2.94. The van der Waals surface area contributed by atoms with E-state index in [1.165, 1.54) is 11.1 Å². The van der Waals surface area contributed by atoms with E-state index in [1.54, 1.807) is 0 Å². The maximum atomic E-state index is 5.70. The number of aryl methyl sites for hydroxylation is 2. The van der Waals surface area contributed by atoms with E-state index in [0.29, 0.717) is 5.88 Å². The van der Waals surface area contributed by atoms with E-state index in [4.69, 9.17) is 11.6 Å². The van der Waals surface area contributed by atoms with Crippen molar-refractivity contribution in [2.75, 3.05) is 5.88 Å². The van der Waals surface area contributed by atoms with Crippen LogP contribution >= 0.6 is 59.4 Å². The van der Waals surface area contributed by atoms with Crippen LogP contribution < -0.4 is 0 Å². The molecular weight excluding hydrogens is 383 g/mol. The van der Waals surface area contributed by atoms with Gasteiger partial charge in [-0.2, -0.15) is 0 Å². The van der Waals surface area contributed by atoms with Crippen LogP contribution in [0.5, 0.6) is 0 Å². The Hall–Kier alpha value is 0.950. The molecule has 0 saturated carbocycles. The zero-order chi connectivity index (χ0) is 10.0. The highest BCUT2D eigenvalue weighted by atomic mass is 79.9. The largest absolute Gasteiger partial charge is 0.126 e. The van der Waals surface area contributed by atoms with Crippen molar-refractivity contribution < 1.29 is 0 Å². The molecule has 0 bridgehead atoms. The van der Waals surface area contributed by atoms with Crippen LogP contribution in [0.15, 0.2) is 19.5 Å². The lowest BCUT2D eigenvalue weighted by Crippen LogP contribution is -1.92. The normalized spacial score (nSPS) is 10.5. The lowest BCUT2D eigenvalue weighted by Gasteiger charge is -2.09. The second-order valence-electron chi connectivity index (χ2n) is 2.73. The highest BCUT2D eigenvalue weighted by molar-refractivity contribution is 9.14. The fraction of sp³-hybridized carbons (Fsp3) is 0.333. The first-order valence-electron chi connectivity index (χ1n) is 3.77. The van der Waals surface area contributed by atoms with Crippen molar-refractivity contribution in [3.8, 4) is 0 Å². The molecule has 0 aromatic heterocycles. The maximum absolute atomic E-state index is 5.70. The van der Waals surface area contributed by atoms with Crippen molar-refractivity contribution in [2.24, 2.45) is 0 Å². The summed E-state index contributed by atoms with van der Waals surface area (Å²) < 4.78 is 3.25. The van der Waals surface area contributed by atoms with Crippen LogP contribution in [0.3, 0.4) is 0 Å². The Morgan fingerprint density at radius 1 is 1.15 bits per heavy atom. The van der Waals surface area contributed by atoms with Gasteiger partial charge in [0, 0.05) is 19.3 Å². The van der Waals surface area contributed by atoms with Gasteiger partial charge in [0.1, 0.15) is 0 Å². The molecule has 0 amide bonds. The maximum Gasteiger partial charge on any atom is 0.0465 e. The summed E-state index contributed by atoms with van der Waals surface area (Å²) in [6, 6.07) is 2.14. The fourth-order valence-electron chi connectivity index (χ4n) is 1.08. The van der Waals surface area contributed by atoms with Gasteiger partial charge in [-0.05, 0) is 72.3 Å². The van der Waals surface area contributed by atoms with Crippen LogP contribution in [0.4, 0.5) is 0 Å². The van der Waals surface area contributed by atoms with Crippen LogP contribution in [0.2, 0.25) is 0 Å². The molecule has 72 valence electrons. The zero-order valence-corrected chi connectivity index (χ0v) is 12.5. The Morgan fingerprint density at radius 3 is 2.31 bits per heavy atom. The van der Waals surface area contributed by atoms with Gasteiger partial charge in [-0.1, -0.05) is 6.07 Å². The van der Waals surface area contributed by atoms with E-state index < -0.39 is 0 Å². The predicted molar refractivity (Wildman–Crippen MR) is 68.7 cm³/mol. The Labute approximate surface area is 108 Å². The first kappa shape index (κ1) is 12.0. The van der Waals surface area contributed by atoms with Gasteiger partial charge in [0.05, 0.1) is 0 Å². The Balaban J connectivity index is 3.24. The Kier molecular flexibility index (Phi) is 4.76. The monoisotopic (exact) mass is 388 g/mol. The van der Waals surface area contributed by atoms with Gasteiger partial charge in [-0.15, -0.1) is 11.6 Å². The molecule has 1 rings (SSSR count). The third kappa shape index (κ3) is 2.71. The summed E-state index contributed by atoms with van der Waals surface area (Å²) in [6.45, 7) is 2.07. The third-order valence-corrected chi connectivity index (χ3v) is 5.74. The van der Waals surface area contributed by atoms with Crippen LogP contribution in [0.25, 0.3) is 0 Å². The molecule has 0 unspecified atom stereocenters. The van der Waals surface area contributed by atoms with Crippen molar-refractivity contribution >= 4 is 59.4 Å². The molecule has 0 aliphatic rings. The average Bonchev–Trinajstić information content (AvgIpc) is 2.11. The number of alkyl halides is 1. The van der Waals surface area contributed by atoms with E-state index in [0.717, 1.165) is 19.8 Å². The summed E-state index contributed by atoms with van der Waals surface area (Å²) in [7, 11) is 0. The molecule has 0 nitrogen and oxygen atoms in total. The average molecular weight is 391 g/mol. The first-order valence-corrected chi connectivity index (χ1v) is 6.68. The standard InChI is InChI=1S/C9H8Br3Cl/c1-5-4-6(2-3-13)8(11)9(12)7(5)10/h4H,2-3H2,1H3. The van der Waals surface area contributed by atoms with Crippen molar-refractivity contribution in [1.82, 2.24) is 0 Å². The molecule has 1 aromatic carbocycles. The first-order chi connectivity index (χ1) is 6.07. The quantitative estimate of drug-likeness (QED) is 0.488. The van der Waals surface area contributed by atoms with Gasteiger partial charge in [0.2, 0.25) is 0 Å². The number of halogens is 4. The van der Waals surface area contributed by atoms with Crippen LogP contribution in [-0.2, 0) is 6.42 Å². The summed E-state index contributed by atoms with van der Waals surface area (Å²) in [4.78, 5) is 0. The van der Waals surface area contributed by atoms with Crippen LogP contribution in [-0.4, -0.2) is 5.88 Å². The third-order valence-electron chi connectivity index (χ3n) is 1.77. The molecule has 0 radical (unpaired) electrons. The number of hydrogen-bond donors (Lipinski definition) is 0. The second kappa shape index (κ2) is 5.15. The molecule has 0 heterocycles. The molecule has 0 saturated heterocycles. The lowest BCUT2D eigenvalue weighted by molar-refractivity contribution is 1.12. The molecule has 0 aliphatic carbocycles. The molecular formula is C9H8Br3Cl. The van der Waals surface area contributed by atoms with E-state index >= 15 is 0 Å². The van der Waals surface area contributed by atoms with Crippen molar-refractivity contribution in [1.29, 1.82) is 0 Å². The van der Waals surface area contributed by atoms with Gasteiger partial charge in [-0.3, -0.25) is 0 Å². The minimum Gasteiger partial charge on any atom is -0.126 e. The summed E-state index contributed by atoms with van der Waals surface area (Å²) in [5.74, 6) is 0.645. The molecule has 0 fully saturated rings. The highest BCUT2D eigenvalue weighted by Crippen LogP contribution is 2.36. The van der Waals surface area contributed by atoms with Crippen LogP contribution in [0.1, 0.15) is 11.1 Å². The number of hydrogen-bond acceptors (Lipinski definition) is 0. The SMILES string of the molecule is Cc1cc(CCCl)c(Br)c(Br)c1Br. The molecule has 0 N–H and O–H groups in total. The summed E-state index contributed by atoms with van der Waals surface area (Å²) in [5, 5.41) is 0. The van der Waals surface area contributed by atoms with E-state index in [1.807, 2.05) is 0 Å². The van der Waals surface area contributed by atoms with Gasteiger partial charge in [0.15, 0.2) is 0 Å². The highest BCUT2D eigenvalue weighted by Gasteiger charge is 2.09. The number of benzene rings is 1. The second-order valence-corrected chi connectivity index (χ2v) is 5.49. The van der Waals surface area contributed by atoms with Gasteiger partial charge < -0.3 is 0 Å². The van der Waals surface area contributed by atoms with Gasteiger partial charge in [-0.25, -0.2) is 0 Å².